The molecule has 2 rings (SSSR count). The number of ether oxygens (including phenoxy) is 1. The van der Waals surface area contributed by atoms with Gasteiger partial charge in [-0.1, -0.05) is 24.3 Å². The molecule has 0 saturated heterocycles. The van der Waals surface area contributed by atoms with Gasteiger partial charge < -0.3 is 4.74 Å². The van der Waals surface area contributed by atoms with Gasteiger partial charge in [-0.2, -0.15) is 0 Å². The third-order valence-corrected chi connectivity index (χ3v) is 2.01. The second-order valence-corrected chi connectivity index (χ2v) is 2.69. The van der Waals surface area contributed by atoms with Gasteiger partial charge in [-0.3, -0.25) is 10.1 Å². The molecule has 12 heavy (non-hydrogen) atoms. The number of fused-ring (bicyclic) bond motifs is 1. The lowest BCUT2D eigenvalue weighted by Crippen LogP contribution is -2.14. The molecular weight excluding hydrogens is 154 g/mol. The topological polar surface area (TPSA) is 38.3 Å². The first kappa shape index (κ1) is 7.31. The summed E-state index contributed by atoms with van der Waals surface area (Å²) in [6.45, 7) is 1.24. The second-order valence-electron chi connectivity index (χ2n) is 2.69. The van der Waals surface area contributed by atoms with E-state index in [4.69, 9.17) is 4.74 Å². The quantitative estimate of drug-likeness (QED) is 0.660. The number of carbonyl (C=O) groups is 1. The van der Waals surface area contributed by atoms with Crippen LogP contribution in [-0.4, -0.2) is 6.47 Å². The Hall–Kier alpha value is -1.35. The van der Waals surface area contributed by atoms with Gasteiger partial charge in [0.15, 0.2) is 6.23 Å². The van der Waals surface area contributed by atoms with Gasteiger partial charge in [0, 0.05) is 12.1 Å². The van der Waals surface area contributed by atoms with Gasteiger partial charge in [-0.05, 0) is 5.56 Å². The van der Waals surface area contributed by atoms with Gasteiger partial charge in [-0.25, -0.2) is 0 Å². The van der Waals surface area contributed by atoms with E-state index in [9.17, 15) is 4.79 Å². The van der Waals surface area contributed by atoms with Gasteiger partial charge in [0.2, 0.25) is 0 Å². The van der Waals surface area contributed by atoms with Crippen molar-refractivity contribution in [3.8, 4) is 0 Å². The minimum absolute atomic E-state index is 0.251. The molecule has 0 saturated carbocycles. The number of carbonyl (C=O) groups excluding carboxylic acids is 1. The van der Waals surface area contributed by atoms with Crippen molar-refractivity contribution in [2.75, 3.05) is 0 Å². The lowest BCUT2D eigenvalue weighted by molar-refractivity contribution is -0.135. The average molecular weight is 163 g/mol. The van der Waals surface area contributed by atoms with Gasteiger partial charge in [0.25, 0.3) is 6.47 Å². The first-order chi connectivity index (χ1) is 5.92. The van der Waals surface area contributed by atoms with Crippen LogP contribution in [0.3, 0.4) is 0 Å². The van der Waals surface area contributed by atoms with Gasteiger partial charge >= 0.3 is 0 Å². The molecule has 62 valence electrons. The van der Waals surface area contributed by atoms with E-state index in [1.54, 1.807) is 0 Å². The normalized spacial score (nSPS) is 20.2. The monoisotopic (exact) mass is 163 g/mol. The predicted molar refractivity (Wildman–Crippen MR) is 43.2 cm³/mol. The third kappa shape index (κ3) is 1.08. The molecule has 1 aliphatic rings. The second kappa shape index (κ2) is 2.95. The molecule has 3 nitrogen and oxygen atoms in total. The average Bonchev–Trinajstić information content (AvgIpc) is 2.50. The van der Waals surface area contributed by atoms with Crippen LogP contribution < -0.4 is 5.32 Å². The Morgan fingerprint density at radius 2 is 2.33 bits per heavy atom. The van der Waals surface area contributed by atoms with E-state index in [1.807, 2.05) is 24.3 Å². The predicted octanol–water partition coefficient (Wildman–Crippen LogP) is 0.961. The van der Waals surface area contributed by atoms with E-state index in [2.05, 4.69) is 5.32 Å². The fourth-order valence-corrected chi connectivity index (χ4v) is 1.44. The zero-order valence-electron chi connectivity index (χ0n) is 6.49. The van der Waals surface area contributed by atoms with E-state index in [-0.39, 0.29) is 6.23 Å². The fraction of sp³-hybridized carbons (Fsp3) is 0.222. The molecular formula is C9H9NO2. The molecule has 1 aromatic carbocycles. The fourth-order valence-electron chi connectivity index (χ4n) is 1.44. The highest BCUT2D eigenvalue weighted by Crippen LogP contribution is 2.24. The van der Waals surface area contributed by atoms with E-state index >= 15 is 0 Å². The summed E-state index contributed by atoms with van der Waals surface area (Å²) in [5, 5.41) is 3.07. The van der Waals surface area contributed by atoms with Crippen molar-refractivity contribution < 1.29 is 9.53 Å². The van der Waals surface area contributed by atoms with Crippen LogP contribution in [0, 0.1) is 0 Å². The highest BCUT2D eigenvalue weighted by atomic mass is 16.5. The maximum atomic E-state index is 10.1. The zero-order valence-corrected chi connectivity index (χ0v) is 6.49. The van der Waals surface area contributed by atoms with Crippen LogP contribution in [0.15, 0.2) is 24.3 Å². The molecule has 0 radical (unpaired) electrons. The van der Waals surface area contributed by atoms with Crippen LogP contribution in [0.25, 0.3) is 0 Å². The molecule has 3 heteroatoms. The van der Waals surface area contributed by atoms with E-state index in [0.29, 0.717) is 6.47 Å². The van der Waals surface area contributed by atoms with Gasteiger partial charge in [0.1, 0.15) is 0 Å². The Bertz CT molecular complexity index is 298. The minimum atomic E-state index is -0.251. The summed E-state index contributed by atoms with van der Waals surface area (Å²) in [4.78, 5) is 10.1. The van der Waals surface area contributed by atoms with Crippen LogP contribution in [-0.2, 0) is 16.1 Å². The van der Waals surface area contributed by atoms with Crippen molar-refractivity contribution in [2.45, 2.75) is 12.8 Å². The molecule has 0 spiro atoms. The Morgan fingerprint density at radius 1 is 1.50 bits per heavy atom. The first-order valence-corrected chi connectivity index (χ1v) is 3.82. The number of hydrogen-bond acceptors (Lipinski definition) is 3. The Kier molecular flexibility index (Phi) is 1.80. The molecule has 0 aliphatic carbocycles. The van der Waals surface area contributed by atoms with E-state index < -0.39 is 0 Å². The lowest BCUT2D eigenvalue weighted by atomic mass is 10.1. The van der Waals surface area contributed by atoms with Crippen molar-refractivity contribution in [1.29, 1.82) is 0 Å². The summed E-state index contributed by atoms with van der Waals surface area (Å²) in [6.07, 6.45) is -0.251. The smallest absolute Gasteiger partial charge is 0.294 e. The summed E-state index contributed by atoms with van der Waals surface area (Å²) in [6, 6.07) is 7.90. The molecule has 0 bridgehead atoms. The molecule has 1 atom stereocenters. The number of nitrogens with one attached hydrogen (secondary N) is 1. The molecule has 1 aliphatic heterocycles. The summed E-state index contributed by atoms with van der Waals surface area (Å²) in [7, 11) is 0. The lowest BCUT2D eigenvalue weighted by Gasteiger charge is -2.08. The molecule has 0 aromatic heterocycles. The minimum Gasteiger partial charge on any atom is -0.444 e. The van der Waals surface area contributed by atoms with Crippen LogP contribution in [0.1, 0.15) is 17.4 Å². The van der Waals surface area contributed by atoms with Crippen LogP contribution in [0.5, 0.6) is 0 Å². The van der Waals surface area contributed by atoms with Crippen molar-refractivity contribution in [3.63, 3.8) is 0 Å². The first-order valence-electron chi connectivity index (χ1n) is 3.82. The van der Waals surface area contributed by atoms with Crippen molar-refractivity contribution >= 4 is 6.47 Å². The Labute approximate surface area is 70.3 Å². The molecule has 1 N–H and O–H groups in total. The maximum Gasteiger partial charge on any atom is 0.294 e. The maximum absolute atomic E-state index is 10.1. The van der Waals surface area contributed by atoms with Crippen LogP contribution >= 0.6 is 0 Å². The number of hydrogen-bond donors (Lipinski definition) is 1. The Balaban J connectivity index is 2.29. The van der Waals surface area contributed by atoms with E-state index in [0.717, 1.165) is 12.1 Å². The van der Waals surface area contributed by atoms with E-state index in [1.165, 1.54) is 5.56 Å². The molecule has 1 unspecified atom stereocenters. The van der Waals surface area contributed by atoms with Gasteiger partial charge in [-0.15, -0.1) is 0 Å². The van der Waals surface area contributed by atoms with Crippen molar-refractivity contribution in [3.05, 3.63) is 35.4 Å². The largest absolute Gasteiger partial charge is 0.444 e. The van der Waals surface area contributed by atoms with Crippen molar-refractivity contribution in [1.82, 2.24) is 5.32 Å². The number of benzene rings is 1. The molecule has 1 heterocycles. The van der Waals surface area contributed by atoms with Gasteiger partial charge in [0.05, 0.1) is 0 Å². The third-order valence-electron chi connectivity index (χ3n) is 2.01. The highest BCUT2D eigenvalue weighted by Gasteiger charge is 2.21. The summed E-state index contributed by atoms with van der Waals surface area (Å²) in [5.74, 6) is 0. The van der Waals surface area contributed by atoms with Crippen molar-refractivity contribution in [2.24, 2.45) is 0 Å². The molecule has 0 amide bonds. The summed E-state index contributed by atoms with van der Waals surface area (Å²) in [5.41, 5.74) is 2.26. The summed E-state index contributed by atoms with van der Waals surface area (Å²) < 4.78 is 4.84. The highest BCUT2D eigenvalue weighted by molar-refractivity contribution is 5.40. The summed E-state index contributed by atoms with van der Waals surface area (Å²) >= 11 is 0. The Morgan fingerprint density at radius 3 is 3.17 bits per heavy atom. The standard InChI is InChI=1S/C9H9NO2/c11-6-12-9-8-4-2-1-3-7(8)5-10-9/h1-4,6,9-10H,5H2. The zero-order chi connectivity index (χ0) is 8.39. The van der Waals surface area contributed by atoms with Crippen LogP contribution in [0.2, 0.25) is 0 Å². The molecule has 0 fully saturated rings. The number of rotatable bonds is 2. The molecule has 1 aromatic rings. The SMILES string of the molecule is O=COC1NCc2ccccc21. The van der Waals surface area contributed by atoms with Crippen LogP contribution in [0.4, 0.5) is 0 Å².